The molecule has 244 valence electrons. The molecule has 7 rings (SSSR count). The fourth-order valence-corrected chi connectivity index (χ4v) is 10.4. The van der Waals surface area contributed by atoms with Crippen molar-refractivity contribution >= 4 is 39.1 Å². The topological polar surface area (TPSA) is 86.8 Å². The third-order valence-corrected chi connectivity index (χ3v) is 12.6. The summed E-state index contributed by atoms with van der Waals surface area (Å²) in [6.07, 6.45) is 14.5. The highest BCUT2D eigenvalue weighted by Crippen LogP contribution is 2.60. The molecule has 0 aromatic heterocycles. The van der Waals surface area contributed by atoms with E-state index in [2.05, 4.69) is 17.4 Å². The number of anilines is 1. The van der Waals surface area contributed by atoms with Gasteiger partial charge >= 0.3 is 0 Å². The van der Waals surface area contributed by atoms with Crippen molar-refractivity contribution in [1.29, 1.82) is 0 Å². The maximum absolute atomic E-state index is 14.2. The first-order chi connectivity index (χ1) is 21.5. The van der Waals surface area contributed by atoms with E-state index in [0.717, 1.165) is 49.7 Å². The van der Waals surface area contributed by atoms with Crippen molar-refractivity contribution in [1.82, 2.24) is 10.2 Å². The Bertz CT molecular complexity index is 1450. The lowest BCUT2D eigenvalue weighted by molar-refractivity contribution is -0.140. The molecule has 1 atom stereocenters. The van der Waals surface area contributed by atoms with Crippen LogP contribution in [0.1, 0.15) is 95.1 Å². The number of sulfonamides is 1. The summed E-state index contributed by atoms with van der Waals surface area (Å²) in [6.45, 7) is 1.60. The van der Waals surface area contributed by atoms with Crippen LogP contribution in [-0.2, 0) is 31.6 Å². The van der Waals surface area contributed by atoms with Gasteiger partial charge in [0.2, 0.25) is 21.8 Å². The molecule has 0 aliphatic heterocycles. The third-order valence-electron chi connectivity index (χ3n) is 11.1. The Balaban J connectivity index is 1.25. The van der Waals surface area contributed by atoms with Crippen molar-refractivity contribution in [3.63, 3.8) is 0 Å². The molecule has 1 N–H and O–H groups in total. The Morgan fingerprint density at radius 1 is 0.933 bits per heavy atom. The van der Waals surface area contributed by atoms with Crippen molar-refractivity contribution in [2.24, 2.45) is 17.8 Å². The second-order valence-corrected chi connectivity index (χ2v) is 16.7. The van der Waals surface area contributed by atoms with Gasteiger partial charge in [0.1, 0.15) is 12.6 Å². The van der Waals surface area contributed by atoms with Crippen LogP contribution in [0.5, 0.6) is 0 Å². The maximum Gasteiger partial charge on any atom is 0.244 e. The molecule has 5 fully saturated rings. The van der Waals surface area contributed by atoms with Gasteiger partial charge < -0.3 is 10.2 Å². The Hall–Kier alpha value is -2.58. The van der Waals surface area contributed by atoms with Gasteiger partial charge in [-0.15, -0.1) is 0 Å². The van der Waals surface area contributed by atoms with Gasteiger partial charge in [-0.25, -0.2) is 8.42 Å². The van der Waals surface area contributed by atoms with Crippen LogP contribution in [0.25, 0.3) is 0 Å². The van der Waals surface area contributed by atoms with Crippen molar-refractivity contribution < 1.29 is 18.0 Å². The van der Waals surface area contributed by atoms with Gasteiger partial charge in [0.05, 0.1) is 11.9 Å². The van der Waals surface area contributed by atoms with Gasteiger partial charge in [-0.2, -0.15) is 0 Å². The number of rotatable bonds is 11. The molecule has 0 saturated heterocycles. The summed E-state index contributed by atoms with van der Waals surface area (Å²) in [7, 11) is -3.80. The van der Waals surface area contributed by atoms with E-state index < -0.39 is 28.5 Å². The molecule has 5 saturated carbocycles. The molecule has 4 bridgehead atoms. The molecular formula is C36H48ClN3O4S. The number of nitrogens with zero attached hydrogens (tertiary/aromatic N) is 2. The summed E-state index contributed by atoms with van der Waals surface area (Å²) in [5.41, 5.74) is 2.68. The fourth-order valence-electron chi connectivity index (χ4n) is 9.33. The quantitative estimate of drug-likeness (QED) is 0.288. The molecule has 2 amide bonds. The lowest BCUT2D eigenvalue weighted by Gasteiger charge is -2.57. The monoisotopic (exact) mass is 653 g/mol. The predicted octanol–water partition coefficient (Wildman–Crippen LogP) is 6.83. The van der Waals surface area contributed by atoms with E-state index in [1.807, 2.05) is 37.3 Å². The van der Waals surface area contributed by atoms with Crippen LogP contribution in [0.4, 0.5) is 5.69 Å². The zero-order chi connectivity index (χ0) is 31.8. The van der Waals surface area contributed by atoms with E-state index in [-0.39, 0.29) is 23.9 Å². The average molecular weight is 654 g/mol. The fraction of sp³-hybridized carbons (Fsp3) is 0.611. The first kappa shape index (κ1) is 32.4. The molecule has 0 heterocycles. The zero-order valence-corrected chi connectivity index (χ0v) is 28.3. The molecule has 5 aliphatic carbocycles. The van der Waals surface area contributed by atoms with Crippen molar-refractivity contribution in [3.05, 3.63) is 64.7 Å². The van der Waals surface area contributed by atoms with E-state index in [0.29, 0.717) is 22.7 Å². The van der Waals surface area contributed by atoms with Crippen LogP contribution < -0.4 is 9.62 Å². The lowest BCUT2D eigenvalue weighted by Crippen LogP contribution is -2.54. The summed E-state index contributed by atoms with van der Waals surface area (Å²) in [6, 6.07) is 14.5. The number of carbonyl (C=O) groups excluding carboxylic acids is 2. The minimum absolute atomic E-state index is 0.0950. The average Bonchev–Trinajstić information content (AvgIpc) is 3.00. The number of nitrogens with one attached hydrogen (secondary N) is 1. The van der Waals surface area contributed by atoms with Gasteiger partial charge in [0.25, 0.3) is 0 Å². The minimum atomic E-state index is -3.80. The number of halogens is 1. The third kappa shape index (κ3) is 7.07. The van der Waals surface area contributed by atoms with Crippen molar-refractivity contribution in [2.45, 2.75) is 108 Å². The molecule has 2 aromatic carbocycles. The molecule has 9 heteroatoms. The number of carbonyl (C=O) groups is 2. The second kappa shape index (κ2) is 13.3. The van der Waals surface area contributed by atoms with Gasteiger partial charge in [-0.05, 0) is 110 Å². The van der Waals surface area contributed by atoms with Crippen LogP contribution >= 0.6 is 11.6 Å². The Morgan fingerprint density at radius 2 is 1.53 bits per heavy atom. The van der Waals surface area contributed by atoms with Crippen LogP contribution in [0, 0.1) is 17.8 Å². The summed E-state index contributed by atoms with van der Waals surface area (Å²) >= 11 is 6.51. The van der Waals surface area contributed by atoms with Crippen LogP contribution in [0.15, 0.2) is 48.5 Å². The highest BCUT2D eigenvalue weighted by Gasteiger charge is 2.51. The van der Waals surface area contributed by atoms with Crippen molar-refractivity contribution in [2.75, 3.05) is 17.1 Å². The standard InChI is InChI=1S/C36H48ClN3O4S/c1-3-33(35(42)38-30-10-5-4-6-11-30)39(23-28-9-7-8-12-32(28)37)34(41)24-40(45(2,43)44)31-15-13-29(14-16-31)36-20-25-17-26(21-36)19-27(18-25)22-36/h7-9,12-16,25-27,30,33H,3-6,10-11,17-24H2,1-2H3,(H,38,42)/t25?,26?,27?,33-,36?/m0/s1. The van der Waals surface area contributed by atoms with Crippen LogP contribution in [-0.4, -0.2) is 50.0 Å². The molecule has 5 aliphatic rings. The Labute approximate surface area is 274 Å². The van der Waals surface area contributed by atoms with Crippen LogP contribution in [0.3, 0.4) is 0 Å². The number of benzene rings is 2. The molecule has 0 spiro atoms. The Kier molecular flexibility index (Phi) is 9.54. The van der Waals surface area contributed by atoms with E-state index in [9.17, 15) is 18.0 Å². The molecule has 45 heavy (non-hydrogen) atoms. The van der Waals surface area contributed by atoms with E-state index in [1.165, 1.54) is 59.7 Å². The number of hydrogen-bond acceptors (Lipinski definition) is 4. The summed E-state index contributed by atoms with van der Waals surface area (Å²) in [5.74, 6) is 1.80. The van der Waals surface area contributed by atoms with Gasteiger partial charge in [-0.1, -0.05) is 68.1 Å². The summed E-state index contributed by atoms with van der Waals surface area (Å²) in [4.78, 5) is 29.3. The van der Waals surface area contributed by atoms with Gasteiger partial charge in [-0.3, -0.25) is 13.9 Å². The van der Waals surface area contributed by atoms with Crippen LogP contribution in [0.2, 0.25) is 5.02 Å². The first-order valence-corrected chi connectivity index (χ1v) is 19.2. The van der Waals surface area contributed by atoms with E-state index in [1.54, 1.807) is 6.07 Å². The summed E-state index contributed by atoms with van der Waals surface area (Å²) in [5, 5.41) is 3.68. The SMILES string of the molecule is CC[C@@H](C(=O)NC1CCCCC1)N(Cc1ccccc1Cl)C(=O)CN(c1ccc(C23CC4CC(CC(C4)C2)C3)cc1)S(C)(=O)=O. The largest absolute Gasteiger partial charge is 0.352 e. The van der Waals surface area contributed by atoms with Gasteiger partial charge in [0, 0.05) is 17.6 Å². The summed E-state index contributed by atoms with van der Waals surface area (Å²) < 4.78 is 27.6. The maximum atomic E-state index is 14.2. The minimum Gasteiger partial charge on any atom is -0.352 e. The Morgan fingerprint density at radius 3 is 2.09 bits per heavy atom. The number of amides is 2. The molecule has 7 nitrogen and oxygen atoms in total. The lowest BCUT2D eigenvalue weighted by atomic mass is 9.48. The molecular weight excluding hydrogens is 606 g/mol. The number of hydrogen-bond donors (Lipinski definition) is 1. The molecule has 2 aromatic rings. The predicted molar refractivity (Wildman–Crippen MR) is 180 cm³/mol. The zero-order valence-electron chi connectivity index (χ0n) is 26.7. The normalized spacial score (nSPS) is 26.8. The molecule has 0 radical (unpaired) electrons. The van der Waals surface area contributed by atoms with E-state index >= 15 is 0 Å². The molecule has 0 unspecified atom stereocenters. The smallest absolute Gasteiger partial charge is 0.244 e. The van der Waals surface area contributed by atoms with Crippen molar-refractivity contribution in [3.8, 4) is 0 Å². The first-order valence-electron chi connectivity index (χ1n) is 17.0. The highest BCUT2D eigenvalue weighted by atomic mass is 35.5. The van der Waals surface area contributed by atoms with Gasteiger partial charge in [0.15, 0.2) is 0 Å². The second-order valence-electron chi connectivity index (χ2n) is 14.4. The highest BCUT2D eigenvalue weighted by molar-refractivity contribution is 7.92. The van der Waals surface area contributed by atoms with E-state index in [4.69, 9.17) is 11.6 Å².